The second kappa shape index (κ2) is 5.35. The molecule has 4 rings (SSSR count). The quantitative estimate of drug-likeness (QED) is 0.892. The maximum Gasteiger partial charge on any atom is 0.255 e. The molecule has 2 aromatic rings. The van der Waals surface area contributed by atoms with Gasteiger partial charge in [0.2, 0.25) is 0 Å². The minimum absolute atomic E-state index is 0.00182. The summed E-state index contributed by atoms with van der Waals surface area (Å²) in [6.45, 7) is 3.11. The van der Waals surface area contributed by atoms with E-state index in [2.05, 4.69) is 5.32 Å². The van der Waals surface area contributed by atoms with Gasteiger partial charge in [0.15, 0.2) is 0 Å². The first-order valence-electron chi connectivity index (χ1n) is 8.16. The van der Waals surface area contributed by atoms with Gasteiger partial charge in [-0.2, -0.15) is 0 Å². The highest BCUT2D eigenvalue weighted by Gasteiger charge is 2.55. The SMILES string of the molecule is Cc1oc2ccccc2c1C(=O)N[C@@H]1C[C@@H](O)C12CCOCC2. The molecule has 0 unspecified atom stereocenters. The summed E-state index contributed by atoms with van der Waals surface area (Å²) in [5, 5.41) is 14.2. The molecular formula is C18H21NO4. The van der Waals surface area contributed by atoms with E-state index in [1.165, 1.54) is 0 Å². The number of nitrogens with one attached hydrogen (secondary N) is 1. The van der Waals surface area contributed by atoms with E-state index in [4.69, 9.17) is 9.15 Å². The molecule has 2 atom stereocenters. The molecule has 1 aliphatic carbocycles. The number of aryl methyl sites for hydroxylation is 1. The zero-order valence-electron chi connectivity index (χ0n) is 13.2. The lowest BCUT2D eigenvalue weighted by Gasteiger charge is -2.55. The van der Waals surface area contributed by atoms with Crippen LogP contribution in [0.25, 0.3) is 11.0 Å². The smallest absolute Gasteiger partial charge is 0.255 e. The van der Waals surface area contributed by atoms with Gasteiger partial charge in [-0.1, -0.05) is 18.2 Å². The fraction of sp³-hybridized carbons (Fsp3) is 0.500. The van der Waals surface area contributed by atoms with Crippen LogP contribution < -0.4 is 5.32 Å². The Hall–Kier alpha value is -1.85. The normalized spacial score (nSPS) is 26.2. The summed E-state index contributed by atoms with van der Waals surface area (Å²) < 4.78 is 11.1. The summed E-state index contributed by atoms with van der Waals surface area (Å²) in [6.07, 6.45) is 1.86. The number of ether oxygens (including phenoxy) is 1. The highest BCUT2D eigenvalue weighted by atomic mass is 16.5. The molecule has 1 aromatic heterocycles. The molecule has 1 saturated carbocycles. The predicted molar refractivity (Wildman–Crippen MR) is 85.3 cm³/mol. The highest BCUT2D eigenvalue weighted by molar-refractivity contribution is 6.07. The monoisotopic (exact) mass is 315 g/mol. The molecule has 1 amide bonds. The van der Waals surface area contributed by atoms with Crippen molar-refractivity contribution in [2.45, 2.75) is 38.3 Å². The van der Waals surface area contributed by atoms with E-state index >= 15 is 0 Å². The Bertz CT molecular complexity index is 745. The van der Waals surface area contributed by atoms with Gasteiger partial charge in [0, 0.05) is 30.1 Å². The molecule has 1 aliphatic heterocycles. The fourth-order valence-electron chi connectivity index (χ4n) is 4.08. The second-order valence-electron chi connectivity index (χ2n) is 6.65. The second-order valence-corrected chi connectivity index (χ2v) is 6.65. The average molecular weight is 315 g/mol. The molecule has 2 N–H and O–H groups in total. The van der Waals surface area contributed by atoms with Crippen LogP contribution in [0.5, 0.6) is 0 Å². The summed E-state index contributed by atoms with van der Waals surface area (Å²) in [5.41, 5.74) is 1.11. The van der Waals surface area contributed by atoms with Crippen molar-refractivity contribution in [1.82, 2.24) is 5.32 Å². The molecule has 1 spiro atoms. The molecule has 23 heavy (non-hydrogen) atoms. The third-order valence-electron chi connectivity index (χ3n) is 5.54. The molecule has 2 fully saturated rings. The molecule has 1 aromatic carbocycles. The van der Waals surface area contributed by atoms with E-state index in [-0.39, 0.29) is 23.5 Å². The van der Waals surface area contributed by atoms with Gasteiger partial charge in [0.1, 0.15) is 11.3 Å². The number of aliphatic hydroxyl groups is 1. The third kappa shape index (κ3) is 2.18. The van der Waals surface area contributed by atoms with Crippen molar-refractivity contribution in [3.05, 3.63) is 35.6 Å². The summed E-state index contributed by atoms with van der Waals surface area (Å²) in [6, 6.07) is 7.57. The number of rotatable bonds is 2. The number of hydrogen-bond acceptors (Lipinski definition) is 4. The zero-order chi connectivity index (χ0) is 16.0. The average Bonchev–Trinajstić information content (AvgIpc) is 2.91. The van der Waals surface area contributed by atoms with Gasteiger partial charge in [-0.3, -0.25) is 4.79 Å². The maximum absolute atomic E-state index is 12.8. The van der Waals surface area contributed by atoms with Crippen LogP contribution in [0.1, 0.15) is 35.4 Å². The number of amides is 1. The number of furan rings is 1. The number of fused-ring (bicyclic) bond motifs is 1. The Kier molecular flexibility index (Phi) is 3.43. The Labute approximate surface area is 134 Å². The number of carbonyl (C=O) groups excluding carboxylic acids is 1. The van der Waals surface area contributed by atoms with Crippen molar-refractivity contribution in [3.8, 4) is 0 Å². The van der Waals surface area contributed by atoms with Crippen LogP contribution in [0.4, 0.5) is 0 Å². The topological polar surface area (TPSA) is 71.7 Å². The first-order chi connectivity index (χ1) is 11.1. The van der Waals surface area contributed by atoms with Crippen LogP contribution in [-0.2, 0) is 4.74 Å². The third-order valence-corrected chi connectivity index (χ3v) is 5.54. The lowest BCUT2D eigenvalue weighted by atomic mass is 9.58. The van der Waals surface area contributed by atoms with E-state index in [1.807, 2.05) is 31.2 Å². The summed E-state index contributed by atoms with van der Waals surface area (Å²) in [4.78, 5) is 12.8. The summed E-state index contributed by atoms with van der Waals surface area (Å²) >= 11 is 0. The Morgan fingerprint density at radius 3 is 2.78 bits per heavy atom. The van der Waals surface area contributed by atoms with Gasteiger partial charge in [0.25, 0.3) is 5.91 Å². The van der Waals surface area contributed by atoms with E-state index < -0.39 is 0 Å². The van der Waals surface area contributed by atoms with Gasteiger partial charge in [-0.05, 0) is 32.3 Å². The molecule has 1 saturated heterocycles. The van der Waals surface area contributed by atoms with Gasteiger partial charge in [-0.15, -0.1) is 0 Å². The molecule has 122 valence electrons. The molecular weight excluding hydrogens is 294 g/mol. The number of carbonyl (C=O) groups is 1. The predicted octanol–water partition coefficient (Wildman–Crippen LogP) is 2.40. The van der Waals surface area contributed by atoms with Crippen molar-refractivity contribution in [3.63, 3.8) is 0 Å². The summed E-state index contributed by atoms with van der Waals surface area (Å²) in [7, 11) is 0. The van der Waals surface area contributed by atoms with Crippen molar-refractivity contribution < 1.29 is 19.1 Å². The Morgan fingerprint density at radius 2 is 2.04 bits per heavy atom. The molecule has 0 bridgehead atoms. The number of para-hydroxylation sites is 1. The first-order valence-corrected chi connectivity index (χ1v) is 8.16. The van der Waals surface area contributed by atoms with Gasteiger partial charge in [0.05, 0.1) is 11.7 Å². The van der Waals surface area contributed by atoms with Crippen molar-refractivity contribution >= 4 is 16.9 Å². The van der Waals surface area contributed by atoms with E-state index in [0.717, 1.165) is 23.8 Å². The zero-order valence-corrected chi connectivity index (χ0v) is 13.2. The van der Waals surface area contributed by atoms with Gasteiger partial charge >= 0.3 is 0 Å². The van der Waals surface area contributed by atoms with E-state index in [1.54, 1.807) is 0 Å². The molecule has 2 heterocycles. The number of aliphatic hydroxyl groups excluding tert-OH is 1. The minimum Gasteiger partial charge on any atom is -0.461 e. The lowest BCUT2D eigenvalue weighted by molar-refractivity contribution is -0.145. The molecule has 5 heteroatoms. The van der Waals surface area contributed by atoms with E-state index in [0.29, 0.717) is 31.0 Å². The Balaban J connectivity index is 1.59. The fourth-order valence-corrected chi connectivity index (χ4v) is 4.08. The molecule has 0 radical (unpaired) electrons. The highest BCUT2D eigenvalue weighted by Crippen LogP contribution is 2.49. The van der Waals surface area contributed by atoms with Crippen molar-refractivity contribution in [2.75, 3.05) is 13.2 Å². The molecule has 5 nitrogen and oxygen atoms in total. The van der Waals surface area contributed by atoms with Crippen molar-refractivity contribution in [2.24, 2.45) is 5.41 Å². The number of benzene rings is 1. The minimum atomic E-state index is -0.348. The lowest BCUT2D eigenvalue weighted by Crippen LogP contribution is -2.65. The van der Waals surface area contributed by atoms with Crippen LogP contribution in [0.3, 0.4) is 0 Å². The molecule has 2 aliphatic rings. The van der Waals surface area contributed by atoms with Gasteiger partial charge in [-0.25, -0.2) is 0 Å². The van der Waals surface area contributed by atoms with Crippen molar-refractivity contribution in [1.29, 1.82) is 0 Å². The van der Waals surface area contributed by atoms with Crippen LogP contribution in [0.15, 0.2) is 28.7 Å². The largest absolute Gasteiger partial charge is 0.461 e. The van der Waals surface area contributed by atoms with Crippen LogP contribution in [-0.4, -0.2) is 36.4 Å². The van der Waals surface area contributed by atoms with E-state index in [9.17, 15) is 9.90 Å². The van der Waals surface area contributed by atoms with Crippen LogP contribution in [0.2, 0.25) is 0 Å². The van der Waals surface area contributed by atoms with Crippen LogP contribution >= 0.6 is 0 Å². The summed E-state index contributed by atoms with van der Waals surface area (Å²) in [5.74, 6) is 0.514. The first kappa shape index (κ1) is 14.7. The maximum atomic E-state index is 12.8. The standard InChI is InChI=1S/C18H21NO4/c1-11-16(12-4-2-3-5-13(12)23-11)17(21)19-14-10-15(20)18(14)6-8-22-9-7-18/h2-5,14-15,20H,6-10H2,1H3,(H,19,21)/t14-,15-/m1/s1. The Morgan fingerprint density at radius 1 is 1.30 bits per heavy atom. The number of hydrogen-bond donors (Lipinski definition) is 2. The van der Waals surface area contributed by atoms with Crippen LogP contribution in [0, 0.1) is 12.3 Å². The van der Waals surface area contributed by atoms with Gasteiger partial charge < -0.3 is 19.6 Å².